The minimum Gasteiger partial charge on any atom is -0.295 e. The number of rotatable bonds is 2. The third-order valence-electron chi connectivity index (χ3n) is 1.02. The van der Waals surface area contributed by atoms with Crippen LogP contribution in [0.3, 0.4) is 0 Å². The second-order valence-electron chi connectivity index (χ2n) is 1.73. The molecule has 0 heterocycles. The Morgan fingerprint density at radius 3 is 2.64 bits per heavy atom. The number of hydrogen-bond acceptors (Lipinski definition) is 2. The van der Waals surface area contributed by atoms with Crippen LogP contribution in [0.1, 0.15) is 0 Å². The van der Waals surface area contributed by atoms with Crippen LogP contribution in [0.5, 0.6) is 0 Å². The van der Waals surface area contributed by atoms with Gasteiger partial charge in [-0.25, -0.2) is 0 Å². The molecule has 0 atom stereocenters. The normalized spacial score (nSPS) is 8.55. The predicted molar refractivity (Wildman–Crippen MR) is 49.3 cm³/mol. The Balaban J connectivity index is 0.000001000. The van der Waals surface area contributed by atoms with E-state index < -0.39 is 0 Å². The van der Waals surface area contributed by atoms with Crippen LogP contribution in [0.2, 0.25) is 0 Å². The van der Waals surface area contributed by atoms with Crippen molar-refractivity contribution in [2.75, 3.05) is 5.43 Å². The summed E-state index contributed by atoms with van der Waals surface area (Å²) < 4.78 is 12.3. The number of nitrogens with one attached hydrogen (secondary N) is 2. The zero-order valence-electron chi connectivity index (χ0n) is 5.47. The summed E-state index contributed by atoms with van der Waals surface area (Å²) in [6, 6.07) is 7.18. The smallest absolute Gasteiger partial charge is 0.0523 e. The van der Waals surface area contributed by atoms with Gasteiger partial charge in [0.2, 0.25) is 0 Å². The van der Waals surface area contributed by atoms with E-state index in [9.17, 15) is 4.48 Å². The topological polar surface area (TPSA) is 24.1 Å². The third-order valence-corrected chi connectivity index (χ3v) is 1.51. The fraction of sp³-hybridized carbons (Fsp3) is 0. The average molecular weight is 241 g/mol. The first kappa shape index (κ1) is 10.7. The highest BCUT2D eigenvalue weighted by atomic mass is 79.9. The maximum Gasteiger partial charge on any atom is 0.0523 e. The Bertz CT molecular complexity index is 221. The van der Waals surface area contributed by atoms with Gasteiger partial charge in [0, 0.05) is 4.47 Å². The van der Waals surface area contributed by atoms with E-state index in [1.165, 1.54) is 5.65 Å². The van der Waals surface area contributed by atoms with Crippen LogP contribution in [0.4, 0.5) is 10.2 Å². The fourth-order valence-electron chi connectivity index (χ4n) is 0.621. The summed E-state index contributed by atoms with van der Waals surface area (Å²) in [7, 11) is 0. The number of halogens is 3. The Morgan fingerprint density at radius 2 is 2.09 bits per heavy atom. The van der Waals surface area contributed by atoms with Crippen LogP contribution in [0.15, 0.2) is 28.7 Å². The molecule has 11 heavy (non-hydrogen) atoms. The van der Waals surface area contributed by atoms with E-state index in [-0.39, 0.29) is 12.4 Å². The molecule has 0 aliphatic heterocycles. The number of benzene rings is 1. The summed E-state index contributed by atoms with van der Waals surface area (Å²) in [4.78, 5) is 0. The molecular weight excluding hydrogens is 234 g/mol. The zero-order valence-corrected chi connectivity index (χ0v) is 7.88. The van der Waals surface area contributed by atoms with Crippen molar-refractivity contribution in [1.29, 1.82) is 0 Å². The minimum absolute atomic E-state index is 0. The summed E-state index contributed by atoms with van der Waals surface area (Å²) in [6.45, 7) is 0. The van der Waals surface area contributed by atoms with Crippen molar-refractivity contribution in [3.63, 3.8) is 0 Å². The summed E-state index contributed by atoms with van der Waals surface area (Å²) >= 11 is 3.24. The van der Waals surface area contributed by atoms with Crippen LogP contribution in [0, 0.1) is 0 Å². The number of anilines is 1. The van der Waals surface area contributed by atoms with Crippen LogP contribution in [-0.2, 0) is 0 Å². The summed E-state index contributed by atoms with van der Waals surface area (Å²) in [6.07, 6.45) is 0. The zero-order chi connectivity index (χ0) is 7.40. The Morgan fingerprint density at radius 1 is 1.36 bits per heavy atom. The lowest BCUT2D eigenvalue weighted by Crippen LogP contribution is -2.09. The second-order valence-corrected chi connectivity index (χ2v) is 2.65. The molecule has 0 aliphatic carbocycles. The average Bonchev–Trinajstić information content (AvgIpc) is 1.88. The van der Waals surface area contributed by atoms with Crippen LogP contribution >= 0.6 is 28.3 Å². The number of hydrogen-bond donors (Lipinski definition) is 2. The molecule has 0 aliphatic rings. The Hall–Kier alpha value is -0.320. The van der Waals surface area contributed by atoms with E-state index in [1.54, 1.807) is 12.1 Å². The summed E-state index contributed by atoms with van der Waals surface area (Å²) in [5.74, 6) is 0. The highest BCUT2D eigenvalue weighted by Crippen LogP contribution is 2.14. The maximum absolute atomic E-state index is 11.4. The maximum atomic E-state index is 11.4. The van der Waals surface area contributed by atoms with Gasteiger partial charge in [0.1, 0.15) is 0 Å². The molecule has 2 N–H and O–H groups in total. The molecule has 0 radical (unpaired) electrons. The fourth-order valence-corrected chi connectivity index (χ4v) is 1.02. The van der Waals surface area contributed by atoms with Gasteiger partial charge in [-0.15, -0.1) is 16.9 Å². The van der Waals surface area contributed by atoms with Crippen molar-refractivity contribution in [1.82, 2.24) is 5.65 Å². The van der Waals surface area contributed by atoms with E-state index in [0.29, 0.717) is 5.69 Å². The summed E-state index contributed by atoms with van der Waals surface area (Å²) in [5.41, 5.74) is 4.32. The molecule has 0 bridgehead atoms. The van der Waals surface area contributed by atoms with Gasteiger partial charge in [0.25, 0.3) is 0 Å². The molecule has 62 valence electrons. The van der Waals surface area contributed by atoms with Crippen molar-refractivity contribution in [2.24, 2.45) is 0 Å². The van der Waals surface area contributed by atoms with Gasteiger partial charge in [0.15, 0.2) is 0 Å². The van der Waals surface area contributed by atoms with E-state index in [0.717, 1.165) is 4.47 Å². The van der Waals surface area contributed by atoms with Gasteiger partial charge in [-0.1, -0.05) is 27.6 Å². The molecular formula is C6H7BrClFN2. The molecule has 0 unspecified atom stereocenters. The molecule has 0 spiro atoms. The van der Waals surface area contributed by atoms with E-state index in [2.05, 4.69) is 21.4 Å². The van der Waals surface area contributed by atoms with Gasteiger partial charge in [-0.2, -0.15) is 0 Å². The highest BCUT2D eigenvalue weighted by molar-refractivity contribution is 9.10. The molecule has 0 amide bonds. The van der Waals surface area contributed by atoms with Crippen LogP contribution in [0.25, 0.3) is 0 Å². The molecule has 5 heteroatoms. The quantitative estimate of drug-likeness (QED) is 0.614. The van der Waals surface area contributed by atoms with Crippen LogP contribution in [-0.4, -0.2) is 0 Å². The van der Waals surface area contributed by atoms with Gasteiger partial charge in [-0.05, 0) is 18.2 Å². The highest BCUT2D eigenvalue weighted by Gasteiger charge is 1.89. The molecule has 0 aromatic heterocycles. The lowest BCUT2D eigenvalue weighted by Gasteiger charge is -1.99. The predicted octanol–water partition coefficient (Wildman–Crippen LogP) is 2.67. The van der Waals surface area contributed by atoms with Gasteiger partial charge >= 0.3 is 0 Å². The largest absolute Gasteiger partial charge is 0.295 e. The van der Waals surface area contributed by atoms with Gasteiger partial charge in [0.05, 0.1) is 5.69 Å². The number of hydrazine groups is 1. The molecule has 1 aromatic rings. The van der Waals surface area contributed by atoms with Crippen molar-refractivity contribution in [3.05, 3.63) is 28.7 Å². The van der Waals surface area contributed by atoms with E-state index in [4.69, 9.17) is 0 Å². The SMILES string of the molecule is Cl.FNNc1cccc(Br)c1. The first-order valence-corrected chi connectivity index (χ1v) is 3.49. The van der Waals surface area contributed by atoms with Crippen molar-refractivity contribution in [3.8, 4) is 0 Å². The van der Waals surface area contributed by atoms with Crippen molar-refractivity contribution >= 4 is 34.0 Å². The van der Waals surface area contributed by atoms with Gasteiger partial charge < -0.3 is 0 Å². The minimum atomic E-state index is 0. The second kappa shape index (κ2) is 5.35. The van der Waals surface area contributed by atoms with Crippen molar-refractivity contribution in [2.45, 2.75) is 0 Å². The molecule has 0 saturated heterocycles. The standard InChI is InChI=1S/C6H6BrFN2.ClH/c7-5-2-1-3-6(4-5)9-10-8;/h1-4,9-10H;1H. The molecule has 0 fully saturated rings. The van der Waals surface area contributed by atoms with Gasteiger partial charge in [-0.3, -0.25) is 5.43 Å². The van der Waals surface area contributed by atoms with E-state index >= 15 is 0 Å². The molecule has 0 saturated carbocycles. The molecule has 1 rings (SSSR count). The summed E-state index contributed by atoms with van der Waals surface area (Å²) in [5, 5.41) is 0. The van der Waals surface area contributed by atoms with E-state index in [1.807, 2.05) is 12.1 Å². The Kier molecular flexibility index (Phi) is 5.19. The lowest BCUT2D eigenvalue weighted by atomic mass is 10.3. The molecule has 2 nitrogen and oxygen atoms in total. The first-order chi connectivity index (χ1) is 4.83. The van der Waals surface area contributed by atoms with Crippen LogP contribution < -0.4 is 11.1 Å². The third kappa shape index (κ3) is 3.55. The van der Waals surface area contributed by atoms with Crippen molar-refractivity contribution < 1.29 is 4.48 Å². The lowest BCUT2D eigenvalue weighted by molar-refractivity contribution is 0.376. The monoisotopic (exact) mass is 240 g/mol. The Labute approximate surface area is 78.6 Å². The molecule has 1 aromatic carbocycles. The first-order valence-electron chi connectivity index (χ1n) is 2.70.